The number of hydrogen-bond donors (Lipinski definition) is 0. The van der Waals surface area contributed by atoms with Crippen molar-refractivity contribution in [2.75, 3.05) is 0 Å². The molecule has 0 atom stereocenters. The molecule has 0 unspecified atom stereocenters. The minimum Gasteiger partial charge on any atom is -0.487 e. The quantitative estimate of drug-likeness (QED) is 0.595. The molecule has 0 spiro atoms. The average molecular weight is 250 g/mol. The summed E-state index contributed by atoms with van der Waals surface area (Å²) >= 11 is 0. The Morgan fingerprint density at radius 3 is 2.44 bits per heavy atom. The van der Waals surface area contributed by atoms with Gasteiger partial charge in [-0.05, 0) is 50.8 Å². The van der Waals surface area contributed by atoms with Crippen LogP contribution in [0.4, 0.5) is 4.39 Å². The Morgan fingerprint density at radius 2 is 1.89 bits per heavy atom. The summed E-state index contributed by atoms with van der Waals surface area (Å²) in [7, 11) is 0. The Hall–Kier alpha value is -1.38. The van der Waals surface area contributed by atoms with Crippen LogP contribution in [0.25, 0.3) is 0 Å². The molecule has 2 rings (SSSR count). The van der Waals surface area contributed by atoms with Crippen molar-refractivity contribution in [3.05, 3.63) is 29.6 Å². The first-order valence-corrected chi connectivity index (χ1v) is 6.64. The first-order chi connectivity index (χ1) is 8.66. The van der Waals surface area contributed by atoms with Crippen LogP contribution in [-0.2, 0) is 0 Å². The summed E-state index contributed by atoms with van der Waals surface area (Å²) in [4.78, 5) is 11.1. The molecule has 1 fully saturated rings. The van der Waals surface area contributed by atoms with Gasteiger partial charge in [0, 0.05) is 5.56 Å². The Kier molecular flexibility index (Phi) is 4.34. The van der Waals surface area contributed by atoms with Gasteiger partial charge in [-0.1, -0.05) is 12.8 Å². The van der Waals surface area contributed by atoms with E-state index in [2.05, 4.69) is 0 Å². The van der Waals surface area contributed by atoms with Gasteiger partial charge in [0.25, 0.3) is 0 Å². The fourth-order valence-electron chi connectivity index (χ4n) is 2.35. The highest BCUT2D eigenvalue weighted by atomic mass is 19.1. The number of carbonyl (C=O) groups is 1. The zero-order valence-electron chi connectivity index (χ0n) is 10.7. The Balaban J connectivity index is 2.06. The Labute approximate surface area is 107 Å². The van der Waals surface area contributed by atoms with Crippen molar-refractivity contribution in [2.24, 2.45) is 0 Å². The first kappa shape index (κ1) is 13.1. The summed E-state index contributed by atoms with van der Waals surface area (Å²) in [6.07, 6.45) is 6.89. The van der Waals surface area contributed by atoms with Crippen LogP contribution in [0.3, 0.4) is 0 Å². The highest BCUT2D eigenvalue weighted by Crippen LogP contribution is 2.25. The van der Waals surface area contributed by atoms with Crippen molar-refractivity contribution in [1.82, 2.24) is 0 Å². The van der Waals surface area contributed by atoms with Gasteiger partial charge in [0.2, 0.25) is 0 Å². The van der Waals surface area contributed by atoms with Crippen LogP contribution in [0.2, 0.25) is 0 Å². The smallest absolute Gasteiger partial charge is 0.165 e. The molecule has 1 aliphatic rings. The molecule has 0 bridgehead atoms. The Morgan fingerprint density at radius 1 is 1.22 bits per heavy atom. The summed E-state index contributed by atoms with van der Waals surface area (Å²) in [6, 6.07) is 4.45. The van der Waals surface area contributed by atoms with Gasteiger partial charge in [-0.15, -0.1) is 0 Å². The van der Waals surface area contributed by atoms with Crippen molar-refractivity contribution in [2.45, 2.75) is 51.6 Å². The van der Waals surface area contributed by atoms with Crippen LogP contribution in [0.1, 0.15) is 55.8 Å². The van der Waals surface area contributed by atoms with Crippen LogP contribution in [0.15, 0.2) is 18.2 Å². The van der Waals surface area contributed by atoms with E-state index in [0.717, 1.165) is 25.7 Å². The lowest BCUT2D eigenvalue weighted by Gasteiger charge is -2.17. The first-order valence-electron chi connectivity index (χ1n) is 6.64. The second kappa shape index (κ2) is 5.98. The molecule has 1 aliphatic carbocycles. The number of Topliss-reactive ketones (excluding diaryl/α,β-unsaturated/α-hetero) is 1. The van der Waals surface area contributed by atoms with Gasteiger partial charge in [-0.3, -0.25) is 4.79 Å². The maximum Gasteiger partial charge on any atom is 0.165 e. The third kappa shape index (κ3) is 3.31. The second-order valence-electron chi connectivity index (χ2n) is 4.93. The summed E-state index contributed by atoms with van der Waals surface area (Å²) in [5.74, 6) is -0.297. The summed E-state index contributed by atoms with van der Waals surface area (Å²) < 4.78 is 19.5. The highest BCUT2D eigenvalue weighted by molar-refractivity contribution is 5.94. The molecule has 0 aromatic heterocycles. The summed E-state index contributed by atoms with van der Waals surface area (Å²) in [6.45, 7) is 1.43. The van der Waals surface area contributed by atoms with Crippen molar-refractivity contribution in [1.29, 1.82) is 0 Å². The predicted molar refractivity (Wildman–Crippen MR) is 68.5 cm³/mol. The third-order valence-corrected chi connectivity index (χ3v) is 3.43. The van der Waals surface area contributed by atoms with E-state index in [4.69, 9.17) is 4.74 Å². The number of rotatable bonds is 3. The molecule has 1 saturated carbocycles. The number of ether oxygens (including phenoxy) is 1. The monoisotopic (exact) mass is 250 g/mol. The normalized spacial score (nSPS) is 17.2. The van der Waals surface area contributed by atoms with E-state index in [9.17, 15) is 9.18 Å². The van der Waals surface area contributed by atoms with Gasteiger partial charge in [0.05, 0.1) is 6.10 Å². The number of benzene rings is 1. The fourth-order valence-corrected chi connectivity index (χ4v) is 2.35. The van der Waals surface area contributed by atoms with E-state index >= 15 is 0 Å². The molecule has 18 heavy (non-hydrogen) atoms. The average Bonchev–Trinajstić information content (AvgIpc) is 2.60. The predicted octanol–water partition coefficient (Wildman–Crippen LogP) is 4.13. The van der Waals surface area contributed by atoms with Crippen molar-refractivity contribution < 1.29 is 13.9 Å². The minimum atomic E-state index is -0.438. The third-order valence-electron chi connectivity index (χ3n) is 3.43. The zero-order valence-corrected chi connectivity index (χ0v) is 10.7. The van der Waals surface area contributed by atoms with E-state index in [1.807, 2.05) is 0 Å². The lowest BCUT2D eigenvalue weighted by Crippen LogP contribution is -2.16. The molecule has 0 saturated heterocycles. The van der Waals surface area contributed by atoms with Gasteiger partial charge in [0.1, 0.15) is 0 Å². The lowest BCUT2D eigenvalue weighted by molar-refractivity contribution is 0.101. The molecule has 0 N–H and O–H groups in total. The van der Waals surface area contributed by atoms with Crippen molar-refractivity contribution in [3.8, 4) is 5.75 Å². The molecule has 0 aliphatic heterocycles. The van der Waals surface area contributed by atoms with Crippen molar-refractivity contribution in [3.63, 3.8) is 0 Å². The molecule has 0 radical (unpaired) electrons. The van der Waals surface area contributed by atoms with E-state index in [1.54, 1.807) is 12.1 Å². The standard InChI is InChI=1S/C15H19FO2/c1-11(17)12-8-9-15(14(16)10-12)18-13-6-4-2-3-5-7-13/h8-10,13H,2-7H2,1H3. The van der Waals surface area contributed by atoms with Crippen molar-refractivity contribution >= 4 is 5.78 Å². The maximum atomic E-state index is 13.8. The number of halogens is 1. The number of hydrogen-bond acceptors (Lipinski definition) is 2. The van der Waals surface area contributed by atoms with Crippen LogP contribution in [0.5, 0.6) is 5.75 Å². The molecule has 98 valence electrons. The topological polar surface area (TPSA) is 26.3 Å². The lowest BCUT2D eigenvalue weighted by atomic mass is 10.1. The second-order valence-corrected chi connectivity index (χ2v) is 4.93. The van der Waals surface area contributed by atoms with Gasteiger partial charge in [-0.2, -0.15) is 0 Å². The number of carbonyl (C=O) groups excluding carboxylic acids is 1. The van der Waals surface area contributed by atoms with Crippen LogP contribution >= 0.6 is 0 Å². The molecule has 0 heterocycles. The summed E-state index contributed by atoms with van der Waals surface area (Å²) in [5.41, 5.74) is 0.390. The zero-order chi connectivity index (χ0) is 13.0. The van der Waals surface area contributed by atoms with Crippen LogP contribution < -0.4 is 4.74 Å². The van der Waals surface area contributed by atoms with E-state index < -0.39 is 5.82 Å². The molecule has 1 aromatic carbocycles. The van der Waals surface area contributed by atoms with Gasteiger partial charge >= 0.3 is 0 Å². The molecular formula is C15H19FO2. The molecular weight excluding hydrogens is 231 g/mol. The van der Waals surface area contributed by atoms with E-state index in [0.29, 0.717) is 5.56 Å². The largest absolute Gasteiger partial charge is 0.487 e. The molecule has 2 nitrogen and oxygen atoms in total. The Bertz CT molecular complexity index is 421. The van der Waals surface area contributed by atoms with Gasteiger partial charge in [0.15, 0.2) is 17.3 Å². The molecule has 3 heteroatoms. The van der Waals surface area contributed by atoms with Crippen LogP contribution in [-0.4, -0.2) is 11.9 Å². The molecule has 0 amide bonds. The summed E-state index contributed by atoms with van der Waals surface area (Å²) in [5, 5.41) is 0. The van der Waals surface area contributed by atoms with E-state index in [1.165, 1.54) is 25.8 Å². The number of ketones is 1. The maximum absolute atomic E-state index is 13.8. The van der Waals surface area contributed by atoms with E-state index in [-0.39, 0.29) is 17.6 Å². The fraction of sp³-hybridized carbons (Fsp3) is 0.533. The molecule has 1 aromatic rings. The SMILES string of the molecule is CC(=O)c1ccc(OC2CCCCCC2)c(F)c1. The highest BCUT2D eigenvalue weighted by Gasteiger charge is 2.16. The van der Waals surface area contributed by atoms with Gasteiger partial charge in [-0.25, -0.2) is 4.39 Å². The van der Waals surface area contributed by atoms with Gasteiger partial charge < -0.3 is 4.74 Å². The van der Waals surface area contributed by atoms with Crippen LogP contribution in [0, 0.1) is 5.82 Å². The minimum absolute atomic E-state index is 0.116.